The van der Waals surface area contributed by atoms with Crippen LogP contribution in [0.2, 0.25) is 5.02 Å². The molecule has 0 unspecified atom stereocenters. The van der Waals surface area contributed by atoms with Crippen molar-refractivity contribution in [3.63, 3.8) is 0 Å². The molecule has 1 amide bonds. The Bertz CT molecular complexity index is 1420. The van der Waals surface area contributed by atoms with Crippen LogP contribution in [-0.4, -0.2) is 28.9 Å². The quantitative estimate of drug-likeness (QED) is 0.259. The van der Waals surface area contributed by atoms with Crippen LogP contribution in [0, 0.1) is 0 Å². The molecule has 4 nitrogen and oxygen atoms in total. The van der Waals surface area contributed by atoms with Gasteiger partial charge in [0.25, 0.3) is 5.91 Å². The van der Waals surface area contributed by atoms with Crippen molar-refractivity contribution < 1.29 is 4.79 Å². The molecule has 2 heterocycles. The first kappa shape index (κ1) is 23.1. The van der Waals surface area contributed by atoms with Gasteiger partial charge in [0.2, 0.25) is 0 Å². The number of benzene rings is 3. The number of pyridine rings is 1. The lowest BCUT2D eigenvalue weighted by Gasteiger charge is -2.27. The minimum atomic E-state index is 0.0443. The third kappa shape index (κ3) is 4.90. The molecule has 0 saturated carbocycles. The molecule has 0 radical (unpaired) electrons. The van der Waals surface area contributed by atoms with E-state index in [4.69, 9.17) is 11.6 Å². The SMILES string of the molecule is O=C(c1ccc(Nc2ccnc3cc(Cl)ccc23)cc1)N1CC=C(c2ccc(Br)c(Br)c2)CC1. The van der Waals surface area contributed by atoms with Crippen molar-refractivity contribution in [3.8, 4) is 0 Å². The van der Waals surface area contributed by atoms with Gasteiger partial charge in [-0.15, -0.1) is 0 Å². The second-order valence-corrected chi connectivity index (χ2v) is 10.2. The van der Waals surface area contributed by atoms with Gasteiger partial charge in [-0.2, -0.15) is 0 Å². The number of carbonyl (C=O) groups is 1. The largest absolute Gasteiger partial charge is 0.355 e. The van der Waals surface area contributed by atoms with Gasteiger partial charge in [-0.3, -0.25) is 9.78 Å². The fraction of sp³-hybridized carbons (Fsp3) is 0.111. The zero-order chi connectivity index (χ0) is 23.7. The molecule has 34 heavy (non-hydrogen) atoms. The highest BCUT2D eigenvalue weighted by Crippen LogP contribution is 2.30. The maximum Gasteiger partial charge on any atom is 0.254 e. The number of hydrogen-bond acceptors (Lipinski definition) is 3. The van der Waals surface area contributed by atoms with Crippen LogP contribution in [0.3, 0.4) is 0 Å². The monoisotopic (exact) mass is 595 g/mol. The summed E-state index contributed by atoms with van der Waals surface area (Å²) in [6, 6.07) is 21.4. The Morgan fingerprint density at radius 1 is 0.971 bits per heavy atom. The smallest absolute Gasteiger partial charge is 0.254 e. The number of nitrogens with one attached hydrogen (secondary N) is 1. The van der Waals surface area contributed by atoms with Gasteiger partial charge in [0.1, 0.15) is 0 Å². The predicted molar refractivity (Wildman–Crippen MR) is 147 cm³/mol. The summed E-state index contributed by atoms with van der Waals surface area (Å²) in [4.78, 5) is 19.3. The number of aromatic nitrogens is 1. The number of amides is 1. The number of fused-ring (bicyclic) bond motifs is 1. The fourth-order valence-electron chi connectivity index (χ4n) is 4.08. The molecule has 1 aromatic heterocycles. The lowest BCUT2D eigenvalue weighted by atomic mass is 9.99. The van der Waals surface area contributed by atoms with Gasteiger partial charge in [-0.05, 0) is 110 Å². The Morgan fingerprint density at radius 2 is 1.79 bits per heavy atom. The summed E-state index contributed by atoms with van der Waals surface area (Å²) in [6.07, 6.45) is 4.73. The molecular weight excluding hydrogens is 578 g/mol. The van der Waals surface area contributed by atoms with Gasteiger partial charge in [0.15, 0.2) is 0 Å². The van der Waals surface area contributed by atoms with Gasteiger partial charge < -0.3 is 10.2 Å². The average molecular weight is 598 g/mol. The van der Waals surface area contributed by atoms with E-state index in [0.717, 1.165) is 37.6 Å². The molecule has 1 aliphatic heterocycles. The fourth-order valence-corrected chi connectivity index (χ4v) is 4.87. The van der Waals surface area contributed by atoms with E-state index in [-0.39, 0.29) is 5.91 Å². The minimum Gasteiger partial charge on any atom is -0.355 e. The predicted octanol–water partition coefficient (Wildman–Crippen LogP) is 8.09. The molecule has 0 saturated heterocycles. The van der Waals surface area contributed by atoms with Gasteiger partial charge in [-0.1, -0.05) is 23.7 Å². The maximum absolute atomic E-state index is 13.1. The molecule has 170 valence electrons. The van der Waals surface area contributed by atoms with Crippen molar-refractivity contribution in [1.82, 2.24) is 9.88 Å². The number of anilines is 2. The van der Waals surface area contributed by atoms with E-state index >= 15 is 0 Å². The summed E-state index contributed by atoms with van der Waals surface area (Å²) >= 11 is 13.2. The lowest BCUT2D eigenvalue weighted by Crippen LogP contribution is -2.34. The van der Waals surface area contributed by atoms with Crippen LogP contribution in [0.15, 0.2) is 87.9 Å². The van der Waals surface area contributed by atoms with Crippen molar-refractivity contribution in [2.75, 3.05) is 18.4 Å². The molecule has 5 rings (SSSR count). The Morgan fingerprint density at radius 3 is 2.53 bits per heavy atom. The van der Waals surface area contributed by atoms with E-state index in [1.54, 1.807) is 6.20 Å². The van der Waals surface area contributed by atoms with Crippen LogP contribution in [0.4, 0.5) is 11.4 Å². The van der Waals surface area contributed by atoms with Gasteiger partial charge in [0.05, 0.1) is 5.52 Å². The van der Waals surface area contributed by atoms with Crippen LogP contribution in [0.1, 0.15) is 22.3 Å². The second-order valence-electron chi connectivity index (χ2n) is 8.08. The van der Waals surface area contributed by atoms with Crippen LogP contribution in [0.5, 0.6) is 0 Å². The van der Waals surface area contributed by atoms with Crippen molar-refractivity contribution >= 4 is 77.2 Å². The summed E-state index contributed by atoms with van der Waals surface area (Å²) < 4.78 is 2.06. The molecule has 1 aliphatic rings. The first-order valence-corrected chi connectivity index (χ1v) is 12.8. The van der Waals surface area contributed by atoms with E-state index in [9.17, 15) is 4.79 Å². The summed E-state index contributed by atoms with van der Waals surface area (Å²) in [5.74, 6) is 0.0443. The highest BCUT2D eigenvalue weighted by molar-refractivity contribution is 9.13. The molecule has 0 fully saturated rings. The first-order valence-electron chi connectivity index (χ1n) is 10.8. The summed E-state index contributed by atoms with van der Waals surface area (Å²) in [7, 11) is 0. The van der Waals surface area contributed by atoms with Gasteiger partial charge in [-0.25, -0.2) is 0 Å². The molecule has 0 atom stereocenters. The average Bonchev–Trinajstić information content (AvgIpc) is 2.86. The topological polar surface area (TPSA) is 45.2 Å². The van der Waals surface area contributed by atoms with Crippen LogP contribution in [0.25, 0.3) is 16.5 Å². The number of rotatable bonds is 4. The Balaban J connectivity index is 1.27. The third-order valence-electron chi connectivity index (χ3n) is 5.90. The molecule has 3 aromatic carbocycles. The molecule has 0 bridgehead atoms. The molecule has 4 aromatic rings. The molecule has 0 aliphatic carbocycles. The standard InChI is InChI=1S/C27H20Br2ClN3O/c28-23-8-3-19(15-24(23)29)17-10-13-33(14-11-17)27(34)18-1-5-21(6-2-18)32-25-9-12-31-26-16-20(30)4-7-22(25)26/h1-10,12,15-16H,11,13-14H2,(H,31,32). The van der Waals surface area contributed by atoms with Crippen molar-refractivity contribution in [3.05, 3.63) is 104 Å². The van der Waals surface area contributed by atoms with Crippen molar-refractivity contribution in [2.45, 2.75) is 6.42 Å². The van der Waals surface area contributed by atoms with Gasteiger partial charge >= 0.3 is 0 Å². The molecular formula is C27H20Br2ClN3O. The summed E-state index contributed by atoms with van der Waals surface area (Å²) in [5, 5.41) is 5.06. The number of hydrogen-bond donors (Lipinski definition) is 1. The Kier molecular flexibility index (Phi) is 6.73. The lowest BCUT2D eigenvalue weighted by molar-refractivity contribution is 0.0773. The minimum absolute atomic E-state index is 0.0443. The molecule has 0 spiro atoms. The summed E-state index contributed by atoms with van der Waals surface area (Å²) in [6.45, 7) is 1.30. The van der Waals surface area contributed by atoms with Gasteiger partial charge in [0, 0.05) is 55.6 Å². The van der Waals surface area contributed by atoms with E-state index in [1.807, 2.05) is 59.5 Å². The highest BCUT2D eigenvalue weighted by atomic mass is 79.9. The zero-order valence-corrected chi connectivity index (χ0v) is 22.0. The van der Waals surface area contributed by atoms with Crippen LogP contribution in [-0.2, 0) is 0 Å². The van der Waals surface area contributed by atoms with Crippen molar-refractivity contribution in [2.24, 2.45) is 0 Å². The third-order valence-corrected chi connectivity index (χ3v) is 8.02. The van der Waals surface area contributed by atoms with Crippen molar-refractivity contribution in [1.29, 1.82) is 0 Å². The normalized spacial score (nSPS) is 13.6. The first-order chi connectivity index (χ1) is 16.5. The second kappa shape index (κ2) is 9.90. The molecule has 1 N–H and O–H groups in total. The van der Waals surface area contributed by atoms with E-state index in [1.165, 1.54) is 11.1 Å². The van der Waals surface area contributed by atoms with E-state index in [0.29, 0.717) is 23.7 Å². The maximum atomic E-state index is 13.1. The number of nitrogens with zero attached hydrogens (tertiary/aromatic N) is 2. The van der Waals surface area contributed by atoms with E-state index in [2.05, 4.69) is 60.4 Å². The number of halogens is 3. The summed E-state index contributed by atoms with van der Waals surface area (Å²) in [5.41, 5.74) is 5.80. The zero-order valence-electron chi connectivity index (χ0n) is 18.1. The highest BCUT2D eigenvalue weighted by Gasteiger charge is 2.19. The van der Waals surface area contributed by atoms with E-state index < -0.39 is 0 Å². The number of carbonyl (C=O) groups excluding carboxylic acids is 1. The van der Waals surface area contributed by atoms with Crippen LogP contribution < -0.4 is 5.32 Å². The Labute approximate surface area is 219 Å². The van der Waals surface area contributed by atoms with Crippen LogP contribution >= 0.6 is 43.5 Å². The molecule has 7 heteroatoms. The Hall–Kier alpha value is -2.67.